The van der Waals surface area contributed by atoms with Crippen molar-refractivity contribution in [3.8, 4) is 17.8 Å². The lowest BCUT2D eigenvalue weighted by Gasteiger charge is -2.12. The highest BCUT2D eigenvalue weighted by Gasteiger charge is 2.32. The summed E-state index contributed by atoms with van der Waals surface area (Å²) < 4.78 is 51.2. The van der Waals surface area contributed by atoms with Crippen LogP contribution in [0.2, 0.25) is 0 Å². The number of aromatic amines is 1. The van der Waals surface area contributed by atoms with Crippen molar-refractivity contribution in [3.63, 3.8) is 0 Å². The molecule has 0 saturated carbocycles. The van der Waals surface area contributed by atoms with Crippen LogP contribution in [0.5, 0.6) is 0 Å². The smallest absolute Gasteiger partial charge is 0.284 e. The number of aromatic nitrogens is 2. The molecular weight excluding hydrogens is 586 g/mol. The Morgan fingerprint density at radius 3 is 1.93 bits per heavy atom. The second-order valence-electron chi connectivity index (χ2n) is 8.60. The summed E-state index contributed by atoms with van der Waals surface area (Å²) in [6.07, 6.45) is 4.32. The number of hydrogen-bond donors (Lipinski definition) is 3. The van der Waals surface area contributed by atoms with Crippen LogP contribution in [0.15, 0.2) is 75.2 Å². The average molecular weight is 606 g/mol. The average Bonchev–Trinajstić information content (AvgIpc) is 3.41. The van der Waals surface area contributed by atoms with E-state index in [9.17, 15) is 36.9 Å². The molecule has 1 aromatic heterocycles. The second kappa shape index (κ2) is 11.4. The molecule has 3 N–H and O–H groups in total. The topological polar surface area (TPSA) is 223 Å². The van der Waals surface area contributed by atoms with E-state index in [-0.39, 0.29) is 39.6 Å². The molecule has 15 nitrogen and oxygen atoms in total. The van der Waals surface area contributed by atoms with E-state index in [0.717, 1.165) is 28.4 Å². The van der Waals surface area contributed by atoms with Gasteiger partial charge < -0.3 is 0 Å². The van der Waals surface area contributed by atoms with Crippen LogP contribution in [-0.4, -0.2) is 56.6 Å². The summed E-state index contributed by atoms with van der Waals surface area (Å²) in [5.74, 6) is 1.71. The first kappa shape index (κ1) is 29.2. The van der Waals surface area contributed by atoms with E-state index >= 15 is 0 Å². The normalized spacial score (nSPS) is 13.3. The minimum absolute atomic E-state index is 0.0530. The van der Waals surface area contributed by atoms with Gasteiger partial charge in [-0.05, 0) is 54.6 Å². The number of nitriles is 2. The molecule has 1 aliphatic heterocycles. The number of anilines is 3. The molecule has 1 amide bonds. The lowest BCUT2D eigenvalue weighted by molar-refractivity contribution is -0.114. The summed E-state index contributed by atoms with van der Waals surface area (Å²) in [5.41, 5.74) is -0.145. The highest BCUT2D eigenvalue weighted by molar-refractivity contribution is 7.92. The number of hydrazone groups is 1. The molecule has 42 heavy (non-hydrogen) atoms. The lowest BCUT2D eigenvalue weighted by atomic mass is 10.2. The molecule has 212 valence electrons. The molecule has 0 radical (unpaired) electrons. The number of amides is 1. The van der Waals surface area contributed by atoms with E-state index in [1.807, 2.05) is 6.07 Å². The summed E-state index contributed by atoms with van der Waals surface area (Å²) in [6, 6.07) is 15.2. The van der Waals surface area contributed by atoms with Gasteiger partial charge in [-0.1, -0.05) is 0 Å². The Morgan fingerprint density at radius 1 is 0.881 bits per heavy atom. The van der Waals surface area contributed by atoms with Crippen molar-refractivity contribution in [1.82, 2.24) is 9.78 Å². The molecule has 0 unspecified atom stereocenters. The quantitative estimate of drug-likeness (QED) is 0.250. The SMILES string of the molecule is CS(=O)(=O)Nc1ccc(N2N=C(C#N)C(=C=NC=Cc3c(C#N)[nH]n(-c4ccc(NS(C)(=O)=O)cc4)c3=O)C2=O)cc1. The Bertz CT molecular complexity index is 2070. The summed E-state index contributed by atoms with van der Waals surface area (Å²) >= 11 is 0. The third-order valence-corrected chi connectivity index (χ3v) is 6.54. The highest BCUT2D eigenvalue weighted by Crippen LogP contribution is 2.24. The predicted octanol–water partition coefficient (Wildman–Crippen LogP) is 1.27. The molecule has 0 bridgehead atoms. The van der Waals surface area contributed by atoms with E-state index < -0.39 is 31.5 Å². The number of sulfonamides is 2. The van der Waals surface area contributed by atoms with Gasteiger partial charge in [0.05, 0.1) is 29.4 Å². The Labute approximate surface area is 239 Å². The third-order valence-electron chi connectivity index (χ3n) is 5.32. The molecule has 0 spiro atoms. The van der Waals surface area contributed by atoms with Crippen LogP contribution >= 0.6 is 0 Å². The fraction of sp³-hybridized carbons (Fsp3) is 0.0800. The maximum atomic E-state index is 13.0. The zero-order valence-electron chi connectivity index (χ0n) is 21.7. The monoisotopic (exact) mass is 605 g/mol. The fourth-order valence-corrected chi connectivity index (χ4v) is 4.75. The molecule has 0 saturated heterocycles. The molecule has 3 aromatic rings. The predicted molar refractivity (Wildman–Crippen MR) is 155 cm³/mol. The molecule has 2 aromatic carbocycles. The number of carbonyl (C=O) groups excluding carboxylic acids is 1. The van der Waals surface area contributed by atoms with Gasteiger partial charge in [-0.15, -0.1) is 0 Å². The number of carbonyl (C=O) groups is 1. The van der Waals surface area contributed by atoms with Crippen molar-refractivity contribution < 1.29 is 21.6 Å². The minimum atomic E-state index is -3.50. The first-order valence-corrected chi connectivity index (χ1v) is 15.3. The summed E-state index contributed by atoms with van der Waals surface area (Å²) in [7, 11) is -6.98. The van der Waals surface area contributed by atoms with Gasteiger partial charge in [-0.2, -0.15) is 20.6 Å². The van der Waals surface area contributed by atoms with E-state index in [1.54, 1.807) is 6.07 Å². The van der Waals surface area contributed by atoms with Crippen molar-refractivity contribution in [3.05, 3.63) is 81.9 Å². The summed E-state index contributed by atoms with van der Waals surface area (Å²) in [4.78, 5) is 29.7. The summed E-state index contributed by atoms with van der Waals surface area (Å²) in [6.45, 7) is 0. The van der Waals surface area contributed by atoms with Gasteiger partial charge in [0.1, 0.15) is 23.4 Å². The highest BCUT2D eigenvalue weighted by atomic mass is 32.2. The number of hydrogen-bond acceptors (Lipinski definition) is 10. The molecule has 2 heterocycles. The van der Waals surface area contributed by atoms with Crippen molar-refractivity contribution in [1.29, 1.82) is 10.5 Å². The second-order valence-corrected chi connectivity index (χ2v) is 12.1. The van der Waals surface area contributed by atoms with Crippen LogP contribution in [0.3, 0.4) is 0 Å². The number of rotatable bonds is 8. The zero-order chi connectivity index (χ0) is 30.7. The van der Waals surface area contributed by atoms with Gasteiger partial charge in [-0.25, -0.2) is 26.5 Å². The van der Waals surface area contributed by atoms with E-state index in [4.69, 9.17) is 0 Å². The van der Waals surface area contributed by atoms with Crippen LogP contribution in [0.25, 0.3) is 11.8 Å². The van der Waals surface area contributed by atoms with Crippen molar-refractivity contribution in [2.45, 2.75) is 0 Å². The molecule has 0 aliphatic carbocycles. The molecular formula is C25H19N9O6S2. The Balaban J connectivity index is 1.58. The molecule has 17 heteroatoms. The van der Waals surface area contributed by atoms with Gasteiger partial charge in [0.2, 0.25) is 20.0 Å². The molecule has 4 rings (SSSR count). The van der Waals surface area contributed by atoms with Crippen LogP contribution in [0.1, 0.15) is 11.3 Å². The lowest BCUT2D eigenvalue weighted by Crippen LogP contribution is -2.21. The van der Waals surface area contributed by atoms with Crippen LogP contribution in [0, 0.1) is 22.7 Å². The molecule has 1 aliphatic rings. The number of benzene rings is 2. The van der Waals surface area contributed by atoms with Crippen LogP contribution in [0.4, 0.5) is 17.1 Å². The first-order chi connectivity index (χ1) is 19.8. The van der Waals surface area contributed by atoms with Gasteiger partial charge in [0, 0.05) is 23.4 Å². The number of aliphatic imine (C=N–C) groups is 1. The van der Waals surface area contributed by atoms with Crippen molar-refractivity contribution >= 4 is 60.7 Å². The Hall–Kier alpha value is -5.74. The third kappa shape index (κ3) is 6.69. The fourth-order valence-electron chi connectivity index (χ4n) is 3.62. The Kier molecular flexibility index (Phi) is 7.94. The van der Waals surface area contributed by atoms with Gasteiger partial charge in [0.25, 0.3) is 11.5 Å². The van der Waals surface area contributed by atoms with E-state index in [0.29, 0.717) is 5.69 Å². The van der Waals surface area contributed by atoms with E-state index in [2.05, 4.69) is 30.5 Å². The number of H-pyrrole nitrogens is 1. The van der Waals surface area contributed by atoms with Crippen molar-refractivity contribution in [2.75, 3.05) is 27.0 Å². The standard InChI is InChI=1S/C25H19N9O6S2/c1-41(37,38)31-16-3-7-18(8-4-16)33-24(35)20(22(13-26)29-33)11-12-28-15-21-23(14-27)30-34(25(21)36)19-9-5-17(6-10-19)32-42(2,39)40/h3-12,29,31-32H,1-2H3. The van der Waals surface area contributed by atoms with Crippen molar-refractivity contribution in [2.24, 2.45) is 10.1 Å². The molecule has 0 atom stereocenters. The summed E-state index contributed by atoms with van der Waals surface area (Å²) in [5, 5.41) is 26.5. The maximum absolute atomic E-state index is 13.0. The number of nitrogens with one attached hydrogen (secondary N) is 3. The maximum Gasteiger partial charge on any atom is 0.291 e. The minimum Gasteiger partial charge on any atom is -0.284 e. The largest absolute Gasteiger partial charge is 0.291 e. The Morgan fingerprint density at radius 2 is 1.43 bits per heavy atom. The van der Waals surface area contributed by atoms with E-state index in [1.165, 1.54) is 54.6 Å². The van der Waals surface area contributed by atoms with Crippen LogP contribution in [-0.2, 0) is 24.8 Å². The van der Waals surface area contributed by atoms with Gasteiger partial charge in [0.15, 0.2) is 5.71 Å². The van der Waals surface area contributed by atoms with Crippen LogP contribution < -0.4 is 20.0 Å². The van der Waals surface area contributed by atoms with Gasteiger partial charge >= 0.3 is 0 Å². The number of nitrogens with zero attached hydrogens (tertiary/aromatic N) is 6. The molecule has 0 fully saturated rings. The van der Waals surface area contributed by atoms with Gasteiger partial charge in [-0.3, -0.25) is 24.1 Å². The zero-order valence-corrected chi connectivity index (χ0v) is 23.4. The first-order valence-electron chi connectivity index (χ1n) is 11.5.